The molecule has 4 aromatic carbocycles. The van der Waals surface area contributed by atoms with Gasteiger partial charge >= 0.3 is 0 Å². The smallest absolute Gasteiger partial charge is 0.260 e. The van der Waals surface area contributed by atoms with Gasteiger partial charge in [-0.15, -0.1) is 0 Å². The number of para-hydroxylation sites is 2. The molecule has 0 saturated carbocycles. The average Bonchev–Trinajstić information content (AvgIpc) is 3.71. The summed E-state index contributed by atoms with van der Waals surface area (Å²) in [5, 5.41) is 2.58. The number of hydrogen-bond donors (Lipinski definition) is 1. The van der Waals surface area contributed by atoms with Crippen LogP contribution in [0.1, 0.15) is 81.5 Å². The van der Waals surface area contributed by atoms with E-state index in [0.717, 1.165) is 77.9 Å². The lowest BCUT2D eigenvalue weighted by molar-refractivity contribution is -0.124. The van der Waals surface area contributed by atoms with E-state index in [9.17, 15) is 19.2 Å². The molecule has 1 N–H and O–H groups in total. The summed E-state index contributed by atoms with van der Waals surface area (Å²) in [6.07, 6.45) is 5.74. The third kappa shape index (κ3) is 6.95. The number of rotatable bonds is 12. The van der Waals surface area contributed by atoms with Gasteiger partial charge in [-0.3, -0.25) is 19.2 Å². The minimum atomic E-state index is -0.248. The summed E-state index contributed by atoms with van der Waals surface area (Å²) in [6, 6.07) is 23.4. The molecular formula is C45H48N4O7. The van der Waals surface area contributed by atoms with Gasteiger partial charge in [0.2, 0.25) is 11.8 Å². The minimum Gasteiger partial charge on any atom is -0.493 e. The molecule has 4 amide bonds. The monoisotopic (exact) mass is 756 g/mol. The zero-order chi connectivity index (χ0) is 38.9. The summed E-state index contributed by atoms with van der Waals surface area (Å²) in [4.78, 5) is 59.2. The molecule has 0 fully saturated rings. The predicted molar refractivity (Wildman–Crippen MR) is 214 cm³/mol. The Labute approximate surface area is 327 Å². The molecular weight excluding hydrogens is 709 g/mol. The van der Waals surface area contributed by atoms with E-state index in [4.69, 9.17) is 14.2 Å². The number of nitrogens with one attached hydrogen (secondary N) is 1. The van der Waals surface area contributed by atoms with Gasteiger partial charge in [-0.1, -0.05) is 36.4 Å². The first-order chi connectivity index (χ1) is 27.2. The molecule has 290 valence electrons. The van der Waals surface area contributed by atoms with Crippen molar-refractivity contribution < 1.29 is 33.4 Å². The molecule has 11 heteroatoms. The van der Waals surface area contributed by atoms with E-state index in [1.807, 2.05) is 54.3 Å². The van der Waals surface area contributed by atoms with Crippen molar-refractivity contribution in [2.24, 2.45) is 0 Å². The van der Waals surface area contributed by atoms with Crippen LogP contribution in [0.15, 0.2) is 72.8 Å². The predicted octanol–water partition coefficient (Wildman–Crippen LogP) is 6.59. The summed E-state index contributed by atoms with van der Waals surface area (Å²) in [6.45, 7) is 3.22. The fourth-order valence-electron chi connectivity index (χ4n) is 8.71. The number of hydrogen-bond acceptors (Lipinski definition) is 7. The second-order valence-electron chi connectivity index (χ2n) is 15.1. The van der Waals surface area contributed by atoms with Crippen LogP contribution in [0.25, 0.3) is 0 Å². The highest BCUT2D eigenvalue weighted by molar-refractivity contribution is 6.15. The SMILES string of the molecule is CNC(=O)CCC(=O)N1C[C@@H]2Cc3ccccc3N2C(=O)c2cc(OC)c(OCCCCCOc3cc4c(cc3C)C(=O)N3c5ccccc5C[C@H]3CC4)cc21. The number of aryl methyl sites for hydroxylation is 2. The molecule has 0 aliphatic carbocycles. The van der Waals surface area contributed by atoms with E-state index < -0.39 is 0 Å². The van der Waals surface area contributed by atoms with Gasteiger partial charge in [0.15, 0.2) is 11.5 Å². The third-order valence-electron chi connectivity index (χ3n) is 11.6. The second kappa shape index (κ2) is 15.7. The Balaban J connectivity index is 0.907. The number of ether oxygens (including phenoxy) is 3. The van der Waals surface area contributed by atoms with Gasteiger partial charge in [-0.25, -0.2) is 0 Å². The van der Waals surface area contributed by atoms with Gasteiger partial charge in [0, 0.05) is 55.5 Å². The van der Waals surface area contributed by atoms with Crippen LogP contribution < -0.4 is 34.2 Å². The summed E-state index contributed by atoms with van der Waals surface area (Å²) in [5.74, 6) is 1.08. The zero-order valence-electron chi connectivity index (χ0n) is 32.3. The molecule has 0 spiro atoms. The number of benzene rings is 4. The van der Waals surface area contributed by atoms with Crippen molar-refractivity contribution in [3.05, 3.63) is 106 Å². The summed E-state index contributed by atoms with van der Waals surface area (Å²) in [5.41, 5.74) is 7.74. The van der Waals surface area contributed by atoms with Crippen LogP contribution in [0.5, 0.6) is 17.2 Å². The van der Waals surface area contributed by atoms with Crippen LogP contribution in [0.3, 0.4) is 0 Å². The van der Waals surface area contributed by atoms with Crippen LogP contribution in [0.2, 0.25) is 0 Å². The molecule has 0 radical (unpaired) electrons. The maximum absolute atomic E-state index is 14.2. The molecule has 4 aliphatic heterocycles. The first kappa shape index (κ1) is 37.1. The lowest BCUT2D eigenvalue weighted by Crippen LogP contribution is -2.44. The standard InChI is InChI=1S/C45H48N4O7/c1-28-21-34-29(15-16-32-22-30-11-5-7-13-36(30)48(32)44(34)52)24-39(28)55-19-9-4-10-20-56-41-26-38-35(25-40(41)54-3)45(53)49-33(23-31-12-6-8-14-37(31)49)27-47(38)43(51)18-17-42(50)46-2/h5-8,11-14,21,24-26,32-33H,4,9-10,15-20,22-23,27H2,1-3H3,(H,46,50)/t32-,33+/m1/s1. The van der Waals surface area contributed by atoms with E-state index in [-0.39, 0.29) is 48.6 Å². The fourth-order valence-corrected chi connectivity index (χ4v) is 8.71. The first-order valence-corrected chi connectivity index (χ1v) is 19.7. The third-order valence-corrected chi connectivity index (χ3v) is 11.6. The van der Waals surface area contributed by atoms with E-state index in [1.54, 1.807) is 29.0 Å². The lowest BCUT2D eigenvalue weighted by atomic mass is 9.98. The van der Waals surface area contributed by atoms with Crippen molar-refractivity contribution in [3.8, 4) is 17.2 Å². The van der Waals surface area contributed by atoms with Gasteiger partial charge in [-0.05, 0) is 104 Å². The van der Waals surface area contributed by atoms with Gasteiger partial charge in [0.05, 0.1) is 37.6 Å². The van der Waals surface area contributed by atoms with Crippen molar-refractivity contribution in [2.45, 2.75) is 76.8 Å². The Hall–Kier alpha value is -5.84. The minimum absolute atomic E-state index is 0.00839. The Morgan fingerprint density at radius 3 is 2.05 bits per heavy atom. The number of amides is 4. The number of nitrogens with zero attached hydrogens (tertiary/aromatic N) is 3. The van der Waals surface area contributed by atoms with Gasteiger partial charge in [-0.2, -0.15) is 0 Å². The van der Waals surface area contributed by atoms with Crippen molar-refractivity contribution in [2.75, 3.05) is 48.6 Å². The van der Waals surface area contributed by atoms with Gasteiger partial charge in [0.1, 0.15) is 5.75 Å². The summed E-state index contributed by atoms with van der Waals surface area (Å²) >= 11 is 0. The molecule has 56 heavy (non-hydrogen) atoms. The molecule has 0 bridgehead atoms. The van der Waals surface area contributed by atoms with E-state index in [0.29, 0.717) is 48.9 Å². The second-order valence-corrected chi connectivity index (χ2v) is 15.1. The van der Waals surface area contributed by atoms with Crippen LogP contribution in [0.4, 0.5) is 17.1 Å². The van der Waals surface area contributed by atoms with Gasteiger partial charge in [0.25, 0.3) is 11.8 Å². The Morgan fingerprint density at radius 2 is 1.36 bits per heavy atom. The highest BCUT2D eigenvalue weighted by Gasteiger charge is 2.42. The number of fused-ring (bicyclic) bond motifs is 8. The Bertz CT molecular complexity index is 2200. The fraction of sp³-hybridized carbons (Fsp3) is 0.378. The van der Waals surface area contributed by atoms with Gasteiger partial charge < -0.3 is 34.2 Å². The maximum Gasteiger partial charge on any atom is 0.260 e. The van der Waals surface area contributed by atoms with Crippen molar-refractivity contribution in [3.63, 3.8) is 0 Å². The highest BCUT2D eigenvalue weighted by Crippen LogP contribution is 2.43. The molecule has 0 saturated heterocycles. The molecule has 8 rings (SSSR count). The molecule has 0 aromatic heterocycles. The summed E-state index contributed by atoms with van der Waals surface area (Å²) < 4.78 is 18.2. The summed E-state index contributed by atoms with van der Waals surface area (Å²) in [7, 11) is 3.09. The molecule has 0 unspecified atom stereocenters. The first-order valence-electron chi connectivity index (χ1n) is 19.7. The highest BCUT2D eigenvalue weighted by atomic mass is 16.5. The van der Waals surface area contributed by atoms with Crippen LogP contribution in [-0.2, 0) is 28.9 Å². The number of carbonyl (C=O) groups is 4. The van der Waals surface area contributed by atoms with E-state index >= 15 is 0 Å². The normalized spacial score (nSPS) is 17.8. The zero-order valence-corrected chi connectivity index (χ0v) is 32.3. The lowest BCUT2D eigenvalue weighted by Gasteiger charge is -2.27. The van der Waals surface area contributed by atoms with Crippen LogP contribution in [0, 0.1) is 6.92 Å². The topological polar surface area (TPSA) is 118 Å². The molecule has 4 aliphatic rings. The molecule has 4 aromatic rings. The number of anilines is 3. The van der Waals surface area contributed by atoms with Crippen LogP contribution >= 0.6 is 0 Å². The quantitative estimate of drug-likeness (QED) is 0.162. The number of unbranched alkanes of at least 4 members (excludes halogenated alkanes) is 2. The largest absolute Gasteiger partial charge is 0.493 e. The maximum atomic E-state index is 14.2. The Morgan fingerprint density at radius 1 is 0.714 bits per heavy atom. The van der Waals surface area contributed by atoms with E-state index in [2.05, 4.69) is 23.5 Å². The number of carbonyl (C=O) groups excluding carboxylic acids is 4. The molecule has 2 atom stereocenters. The van der Waals surface area contributed by atoms with Crippen molar-refractivity contribution in [1.29, 1.82) is 0 Å². The molecule has 11 nitrogen and oxygen atoms in total. The van der Waals surface area contributed by atoms with E-state index in [1.165, 1.54) is 12.7 Å². The van der Waals surface area contributed by atoms with Crippen molar-refractivity contribution in [1.82, 2.24) is 5.32 Å². The Kier molecular flexibility index (Phi) is 10.4. The molecule has 4 heterocycles. The number of methoxy groups -OCH3 is 1. The van der Waals surface area contributed by atoms with Crippen molar-refractivity contribution >= 4 is 40.7 Å². The average molecular weight is 757 g/mol. The van der Waals surface area contributed by atoms with Crippen LogP contribution in [-0.4, -0.2) is 69.6 Å².